The van der Waals surface area contributed by atoms with Crippen LogP contribution in [-0.2, 0) is 16.0 Å². The number of aryl methyl sites for hydroxylation is 1. The summed E-state index contributed by atoms with van der Waals surface area (Å²) in [6, 6.07) is 6.12. The molecular weight excluding hydrogens is 342 g/mol. The van der Waals surface area contributed by atoms with Crippen LogP contribution >= 0.6 is 0 Å². The first-order valence-corrected chi connectivity index (χ1v) is 9.80. The lowest BCUT2D eigenvalue weighted by molar-refractivity contribution is 0.0203. The van der Waals surface area contributed by atoms with Crippen LogP contribution < -0.4 is 10.6 Å². The number of fused-ring (bicyclic) bond motifs is 1. The lowest BCUT2D eigenvalue weighted by atomic mass is 10.0. The fourth-order valence-corrected chi connectivity index (χ4v) is 3.22. The zero-order valence-electron chi connectivity index (χ0n) is 16.4. The van der Waals surface area contributed by atoms with E-state index in [-0.39, 0.29) is 0 Å². The van der Waals surface area contributed by atoms with Crippen molar-refractivity contribution in [2.45, 2.75) is 32.7 Å². The maximum atomic E-state index is 5.79. The molecule has 3 rings (SSSR count). The first-order valence-electron chi connectivity index (χ1n) is 9.80. The molecule has 7 heteroatoms. The van der Waals surface area contributed by atoms with E-state index in [0.29, 0.717) is 12.5 Å². The van der Waals surface area contributed by atoms with E-state index >= 15 is 0 Å². The topological polar surface area (TPSA) is 72.2 Å². The lowest BCUT2D eigenvalue weighted by Gasteiger charge is -2.21. The van der Waals surface area contributed by atoms with Gasteiger partial charge in [-0.25, -0.2) is 4.98 Å². The molecule has 2 aromatic heterocycles. The van der Waals surface area contributed by atoms with Gasteiger partial charge in [-0.2, -0.15) is 0 Å². The number of aliphatic imine (C=N–C) groups is 1. The van der Waals surface area contributed by atoms with Gasteiger partial charge in [-0.3, -0.25) is 4.99 Å². The minimum absolute atomic E-state index is 0.640. The Labute approximate surface area is 161 Å². The molecule has 27 heavy (non-hydrogen) atoms. The molecule has 1 aliphatic rings. The van der Waals surface area contributed by atoms with Gasteiger partial charge in [0.05, 0.1) is 12.2 Å². The number of nitrogens with zero attached hydrogens (tertiary/aromatic N) is 3. The molecule has 2 aromatic rings. The van der Waals surface area contributed by atoms with Crippen molar-refractivity contribution in [3.8, 4) is 0 Å². The molecule has 0 amide bonds. The molecule has 0 aliphatic carbocycles. The van der Waals surface area contributed by atoms with Crippen LogP contribution in [0, 0.1) is 12.8 Å². The van der Waals surface area contributed by atoms with Gasteiger partial charge < -0.3 is 24.5 Å². The van der Waals surface area contributed by atoms with Crippen LogP contribution in [0.25, 0.3) is 5.65 Å². The van der Waals surface area contributed by atoms with Crippen molar-refractivity contribution in [1.82, 2.24) is 20.0 Å². The third-order valence-corrected chi connectivity index (χ3v) is 4.86. The van der Waals surface area contributed by atoms with Crippen molar-refractivity contribution >= 4 is 11.6 Å². The van der Waals surface area contributed by atoms with Crippen LogP contribution in [0.1, 0.15) is 30.7 Å². The van der Waals surface area contributed by atoms with Crippen molar-refractivity contribution in [2.24, 2.45) is 10.9 Å². The van der Waals surface area contributed by atoms with Crippen molar-refractivity contribution in [3.63, 3.8) is 0 Å². The summed E-state index contributed by atoms with van der Waals surface area (Å²) in [4.78, 5) is 8.90. The Kier molecular flexibility index (Phi) is 7.47. The van der Waals surface area contributed by atoms with Gasteiger partial charge in [0.2, 0.25) is 0 Å². The largest absolute Gasteiger partial charge is 0.381 e. The van der Waals surface area contributed by atoms with E-state index in [1.54, 1.807) is 7.05 Å². The van der Waals surface area contributed by atoms with Crippen molar-refractivity contribution in [1.29, 1.82) is 0 Å². The van der Waals surface area contributed by atoms with Crippen molar-refractivity contribution in [2.75, 3.05) is 40.0 Å². The molecule has 2 N–H and O–H groups in total. The second-order valence-corrected chi connectivity index (χ2v) is 6.96. The average molecular weight is 374 g/mol. The summed E-state index contributed by atoms with van der Waals surface area (Å²) in [5.74, 6) is 1.45. The number of hydrogen-bond acceptors (Lipinski definition) is 4. The molecular formula is C20H31N5O2. The van der Waals surface area contributed by atoms with Crippen LogP contribution in [0.15, 0.2) is 29.4 Å². The number of imidazole rings is 1. The number of rotatable bonds is 8. The smallest absolute Gasteiger partial charge is 0.191 e. The van der Waals surface area contributed by atoms with Gasteiger partial charge >= 0.3 is 0 Å². The Hall–Kier alpha value is -2.12. The highest BCUT2D eigenvalue weighted by Gasteiger charge is 2.13. The number of ether oxygens (including phenoxy) is 2. The third-order valence-electron chi connectivity index (χ3n) is 4.86. The molecule has 1 aliphatic heterocycles. The van der Waals surface area contributed by atoms with E-state index in [9.17, 15) is 0 Å². The van der Waals surface area contributed by atoms with Gasteiger partial charge in [0.25, 0.3) is 0 Å². The van der Waals surface area contributed by atoms with Crippen LogP contribution in [0.4, 0.5) is 0 Å². The van der Waals surface area contributed by atoms with Crippen LogP contribution in [0.3, 0.4) is 0 Å². The van der Waals surface area contributed by atoms with Crippen molar-refractivity contribution in [3.05, 3.63) is 35.8 Å². The summed E-state index contributed by atoms with van der Waals surface area (Å²) < 4.78 is 13.3. The standard InChI is InChI=1S/C20H31N5O2/c1-16-5-3-6-19-24-18(14-25(16)19)13-23-20(21-2)22-9-4-10-27-15-17-7-11-26-12-8-17/h3,5-6,14,17H,4,7-13,15H2,1-2H3,(H2,21,22,23). The van der Waals surface area contributed by atoms with E-state index in [4.69, 9.17) is 9.47 Å². The van der Waals surface area contributed by atoms with Crippen molar-refractivity contribution < 1.29 is 9.47 Å². The molecule has 1 fully saturated rings. The van der Waals surface area contributed by atoms with Gasteiger partial charge in [0.1, 0.15) is 5.65 Å². The zero-order valence-corrected chi connectivity index (χ0v) is 16.4. The fraction of sp³-hybridized carbons (Fsp3) is 0.600. The van der Waals surface area contributed by atoms with Gasteiger partial charge in [-0.1, -0.05) is 6.07 Å². The highest BCUT2D eigenvalue weighted by Crippen LogP contribution is 2.14. The molecule has 0 atom stereocenters. The van der Waals surface area contributed by atoms with Crippen LogP contribution in [0.2, 0.25) is 0 Å². The minimum atomic E-state index is 0.640. The summed E-state index contributed by atoms with van der Waals surface area (Å²) >= 11 is 0. The normalized spacial score (nSPS) is 16.0. The average Bonchev–Trinajstić information content (AvgIpc) is 3.12. The summed E-state index contributed by atoms with van der Waals surface area (Å²) in [5.41, 5.74) is 3.14. The Morgan fingerprint density at radius 2 is 2.19 bits per heavy atom. The maximum Gasteiger partial charge on any atom is 0.191 e. The lowest BCUT2D eigenvalue weighted by Crippen LogP contribution is -2.37. The number of aromatic nitrogens is 2. The molecule has 3 heterocycles. The number of guanidine groups is 1. The molecule has 1 saturated heterocycles. The number of pyridine rings is 1. The highest BCUT2D eigenvalue weighted by atomic mass is 16.5. The van der Waals surface area contributed by atoms with E-state index in [1.807, 2.05) is 12.1 Å². The molecule has 0 spiro atoms. The van der Waals surface area contributed by atoms with Gasteiger partial charge in [0, 0.05) is 51.9 Å². The Morgan fingerprint density at radius 1 is 1.33 bits per heavy atom. The fourth-order valence-electron chi connectivity index (χ4n) is 3.22. The van der Waals surface area contributed by atoms with Gasteiger partial charge in [-0.15, -0.1) is 0 Å². The monoisotopic (exact) mass is 373 g/mol. The Morgan fingerprint density at radius 3 is 2.96 bits per heavy atom. The first-order chi connectivity index (χ1) is 13.3. The van der Waals surface area contributed by atoms with Crippen LogP contribution in [0.5, 0.6) is 0 Å². The maximum absolute atomic E-state index is 5.79. The predicted molar refractivity (Wildman–Crippen MR) is 107 cm³/mol. The quantitative estimate of drug-likeness (QED) is 0.421. The molecule has 0 radical (unpaired) electrons. The first kappa shape index (κ1) is 19.6. The third kappa shape index (κ3) is 5.94. The molecule has 148 valence electrons. The zero-order chi connectivity index (χ0) is 18.9. The Bertz CT molecular complexity index is 737. The van der Waals surface area contributed by atoms with Gasteiger partial charge in [-0.05, 0) is 44.2 Å². The minimum Gasteiger partial charge on any atom is -0.381 e. The molecule has 0 aromatic carbocycles. The van der Waals surface area contributed by atoms with E-state index < -0.39 is 0 Å². The summed E-state index contributed by atoms with van der Waals surface area (Å²) in [7, 11) is 1.78. The molecule has 0 unspecified atom stereocenters. The number of hydrogen-bond donors (Lipinski definition) is 2. The van der Waals surface area contributed by atoms with E-state index in [1.165, 1.54) is 5.69 Å². The summed E-state index contributed by atoms with van der Waals surface area (Å²) in [6.45, 7) is 6.93. The van der Waals surface area contributed by atoms with Crippen LogP contribution in [-0.4, -0.2) is 55.4 Å². The molecule has 7 nitrogen and oxygen atoms in total. The summed E-state index contributed by atoms with van der Waals surface area (Å²) in [6.07, 6.45) is 5.27. The van der Waals surface area contributed by atoms with E-state index in [2.05, 4.69) is 44.2 Å². The highest BCUT2D eigenvalue weighted by molar-refractivity contribution is 5.79. The predicted octanol–water partition coefficient (Wildman–Crippen LogP) is 2.14. The SMILES string of the molecule is CN=C(NCCCOCC1CCOCC1)NCc1cn2c(C)cccc2n1. The van der Waals surface area contributed by atoms with E-state index in [0.717, 1.165) is 69.5 Å². The Balaban J connectivity index is 1.32. The molecule has 0 bridgehead atoms. The number of nitrogens with one attached hydrogen (secondary N) is 2. The second-order valence-electron chi connectivity index (χ2n) is 6.96. The van der Waals surface area contributed by atoms with Gasteiger partial charge in [0.15, 0.2) is 5.96 Å². The second kappa shape index (κ2) is 10.3. The molecule has 0 saturated carbocycles. The summed E-state index contributed by atoms with van der Waals surface area (Å²) in [5, 5.41) is 6.64.